The van der Waals surface area contributed by atoms with Gasteiger partial charge in [0.25, 0.3) is 5.91 Å². The minimum absolute atomic E-state index is 0.166. The number of amides is 1. The number of benzene rings is 1. The molecule has 0 aliphatic rings. The third kappa shape index (κ3) is 2.65. The third-order valence-electron chi connectivity index (χ3n) is 2.41. The van der Waals surface area contributed by atoms with E-state index >= 15 is 0 Å². The lowest BCUT2D eigenvalue weighted by molar-refractivity contribution is 0.102. The van der Waals surface area contributed by atoms with Crippen molar-refractivity contribution in [3.63, 3.8) is 0 Å². The number of halogens is 1. The molecule has 17 heavy (non-hydrogen) atoms. The largest absolute Gasteiger partial charge is 0.307 e. The van der Waals surface area contributed by atoms with Gasteiger partial charge in [-0.1, -0.05) is 12.1 Å². The Labute approximate surface area is 104 Å². The fourth-order valence-electron chi connectivity index (χ4n) is 1.48. The molecule has 88 valence electrons. The number of alkyl halides is 1. The number of nitrogens with one attached hydrogen (secondary N) is 1. The Morgan fingerprint density at radius 2 is 2.29 bits per heavy atom. The van der Waals surface area contributed by atoms with Crippen molar-refractivity contribution in [3.8, 4) is 0 Å². The Morgan fingerprint density at radius 3 is 2.94 bits per heavy atom. The van der Waals surface area contributed by atoms with Crippen molar-refractivity contribution < 1.29 is 4.79 Å². The summed E-state index contributed by atoms with van der Waals surface area (Å²) in [6, 6.07) is 8.97. The molecule has 5 heteroatoms. The minimum Gasteiger partial charge on any atom is -0.307 e. The fourth-order valence-corrected chi connectivity index (χ4v) is 1.65. The molecule has 1 N–H and O–H groups in total. The Bertz CT molecular complexity index is 536. The zero-order valence-corrected chi connectivity index (χ0v) is 10.1. The van der Waals surface area contributed by atoms with Gasteiger partial charge < -0.3 is 5.32 Å². The van der Waals surface area contributed by atoms with Gasteiger partial charge in [-0.05, 0) is 17.7 Å². The molecule has 0 atom stereocenters. The number of nitrogens with zero attached hydrogens (tertiary/aromatic N) is 2. The molecular formula is C12H12ClN3O. The van der Waals surface area contributed by atoms with Crippen molar-refractivity contribution in [2.75, 3.05) is 5.32 Å². The Kier molecular flexibility index (Phi) is 3.44. The summed E-state index contributed by atoms with van der Waals surface area (Å²) < 4.78 is 1.60. The second-order valence-corrected chi connectivity index (χ2v) is 3.90. The molecule has 2 aromatic rings. The minimum atomic E-state index is -0.166. The Hall–Kier alpha value is -1.81. The van der Waals surface area contributed by atoms with E-state index in [0.29, 0.717) is 17.3 Å². The van der Waals surface area contributed by atoms with E-state index in [1.807, 2.05) is 12.1 Å². The van der Waals surface area contributed by atoms with Gasteiger partial charge in [0, 0.05) is 24.6 Å². The van der Waals surface area contributed by atoms with Gasteiger partial charge in [-0.2, -0.15) is 5.10 Å². The van der Waals surface area contributed by atoms with Crippen molar-refractivity contribution in [3.05, 3.63) is 47.7 Å². The number of rotatable bonds is 3. The van der Waals surface area contributed by atoms with Gasteiger partial charge in [0.05, 0.1) is 6.20 Å². The first-order chi connectivity index (χ1) is 8.20. The van der Waals surface area contributed by atoms with E-state index in [1.165, 1.54) is 0 Å². The number of carbonyl (C=O) groups excluding carboxylic acids is 1. The molecule has 0 fully saturated rings. The van der Waals surface area contributed by atoms with E-state index in [9.17, 15) is 4.79 Å². The number of hydrogen-bond donors (Lipinski definition) is 1. The van der Waals surface area contributed by atoms with E-state index in [2.05, 4.69) is 10.4 Å². The Morgan fingerprint density at radius 1 is 1.47 bits per heavy atom. The molecule has 0 aliphatic carbocycles. The van der Waals surface area contributed by atoms with Crippen LogP contribution < -0.4 is 5.32 Å². The molecule has 0 aliphatic heterocycles. The average molecular weight is 250 g/mol. The summed E-state index contributed by atoms with van der Waals surface area (Å²) in [5.41, 5.74) is 1.51. The smallest absolute Gasteiger partial charge is 0.256 e. The molecule has 1 amide bonds. The van der Waals surface area contributed by atoms with Gasteiger partial charge in [-0.25, -0.2) is 0 Å². The van der Waals surface area contributed by atoms with Crippen molar-refractivity contribution in [2.24, 2.45) is 7.05 Å². The summed E-state index contributed by atoms with van der Waals surface area (Å²) in [6.45, 7) is 0. The van der Waals surface area contributed by atoms with Crippen LogP contribution in [0.15, 0.2) is 36.5 Å². The SMILES string of the molecule is Cn1nccc1NC(=O)c1cccc(CCl)c1. The highest BCUT2D eigenvalue weighted by Crippen LogP contribution is 2.11. The van der Waals surface area contributed by atoms with Gasteiger partial charge in [0.15, 0.2) is 0 Å². The summed E-state index contributed by atoms with van der Waals surface area (Å²) in [5, 5.41) is 6.75. The normalized spacial score (nSPS) is 10.2. The second kappa shape index (κ2) is 5.01. The quantitative estimate of drug-likeness (QED) is 0.850. The van der Waals surface area contributed by atoms with Gasteiger partial charge in [-0.15, -0.1) is 11.6 Å². The van der Waals surface area contributed by atoms with Crippen LogP contribution in [0.5, 0.6) is 0 Å². The fraction of sp³-hybridized carbons (Fsp3) is 0.167. The van der Waals surface area contributed by atoms with E-state index in [-0.39, 0.29) is 5.91 Å². The van der Waals surface area contributed by atoms with Crippen LogP contribution in [0.3, 0.4) is 0 Å². The summed E-state index contributed by atoms with van der Waals surface area (Å²) in [5.74, 6) is 0.888. The van der Waals surface area contributed by atoms with Crippen LogP contribution in [0.2, 0.25) is 0 Å². The van der Waals surface area contributed by atoms with E-state index in [0.717, 1.165) is 5.56 Å². The molecule has 0 bridgehead atoms. The zero-order chi connectivity index (χ0) is 12.3. The number of hydrogen-bond acceptors (Lipinski definition) is 2. The van der Waals surface area contributed by atoms with Crippen molar-refractivity contribution >= 4 is 23.3 Å². The van der Waals surface area contributed by atoms with Crippen LogP contribution in [0.1, 0.15) is 15.9 Å². The molecular weight excluding hydrogens is 238 g/mol. The highest BCUT2D eigenvalue weighted by molar-refractivity contribution is 6.17. The predicted molar refractivity (Wildman–Crippen MR) is 67.2 cm³/mol. The van der Waals surface area contributed by atoms with Crippen LogP contribution in [0, 0.1) is 0 Å². The maximum atomic E-state index is 11.9. The van der Waals surface area contributed by atoms with Crippen LogP contribution in [0.25, 0.3) is 0 Å². The number of aryl methyl sites for hydroxylation is 1. The number of aromatic nitrogens is 2. The van der Waals surface area contributed by atoms with Crippen LogP contribution >= 0.6 is 11.6 Å². The van der Waals surface area contributed by atoms with Crippen molar-refractivity contribution in [2.45, 2.75) is 5.88 Å². The van der Waals surface area contributed by atoms with E-state index < -0.39 is 0 Å². The number of anilines is 1. The van der Waals surface area contributed by atoms with E-state index in [4.69, 9.17) is 11.6 Å². The highest BCUT2D eigenvalue weighted by atomic mass is 35.5. The van der Waals surface area contributed by atoms with Gasteiger partial charge in [0.1, 0.15) is 5.82 Å². The Balaban J connectivity index is 2.17. The molecule has 0 spiro atoms. The first-order valence-corrected chi connectivity index (χ1v) is 5.68. The monoisotopic (exact) mass is 249 g/mol. The summed E-state index contributed by atoms with van der Waals surface area (Å²) in [7, 11) is 1.77. The first kappa shape index (κ1) is 11.7. The van der Waals surface area contributed by atoms with E-state index in [1.54, 1.807) is 36.1 Å². The number of carbonyl (C=O) groups is 1. The second-order valence-electron chi connectivity index (χ2n) is 3.63. The third-order valence-corrected chi connectivity index (χ3v) is 2.71. The van der Waals surface area contributed by atoms with Crippen LogP contribution in [-0.2, 0) is 12.9 Å². The molecule has 0 radical (unpaired) electrons. The standard InChI is InChI=1S/C12H12ClN3O/c1-16-11(5-6-14-16)15-12(17)10-4-2-3-9(7-10)8-13/h2-7H,8H2,1H3,(H,15,17). The average Bonchev–Trinajstić information content (AvgIpc) is 2.75. The van der Waals surface area contributed by atoms with Gasteiger partial charge >= 0.3 is 0 Å². The lowest BCUT2D eigenvalue weighted by atomic mass is 10.1. The van der Waals surface area contributed by atoms with Crippen molar-refractivity contribution in [1.29, 1.82) is 0 Å². The molecule has 4 nitrogen and oxygen atoms in total. The topological polar surface area (TPSA) is 46.9 Å². The maximum absolute atomic E-state index is 11.9. The lowest BCUT2D eigenvalue weighted by Gasteiger charge is -2.06. The molecule has 1 heterocycles. The van der Waals surface area contributed by atoms with Crippen LogP contribution in [-0.4, -0.2) is 15.7 Å². The summed E-state index contributed by atoms with van der Waals surface area (Å²) >= 11 is 5.73. The van der Waals surface area contributed by atoms with Crippen LogP contribution in [0.4, 0.5) is 5.82 Å². The zero-order valence-electron chi connectivity index (χ0n) is 9.35. The summed E-state index contributed by atoms with van der Waals surface area (Å²) in [4.78, 5) is 11.9. The lowest BCUT2D eigenvalue weighted by Crippen LogP contribution is -2.14. The molecule has 0 unspecified atom stereocenters. The van der Waals surface area contributed by atoms with Crippen molar-refractivity contribution in [1.82, 2.24) is 9.78 Å². The maximum Gasteiger partial charge on any atom is 0.256 e. The predicted octanol–water partition coefficient (Wildman–Crippen LogP) is 2.41. The molecule has 2 rings (SSSR count). The van der Waals surface area contributed by atoms with Gasteiger partial charge in [-0.3, -0.25) is 9.48 Å². The molecule has 0 saturated carbocycles. The first-order valence-electron chi connectivity index (χ1n) is 5.15. The van der Waals surface area contributed by atoms with Gasteiger partial charge in [0.2, 0.25) is 0 Å². The summed E-state index contributed by atoms with van der Waals surface area (Å²) in [6.07, 6.45) is 1.63. The molecule has 1 aromatic carbocycles. The highest BCUT2D eigenvalue weighted by Gasteiger charge is 2.08. The molecule has 1 aromatic heterocycles. The molecule has 0 saturated heterocycles.